The summed E-state index contributed by atoms with van der Waals surface area (Å²) in [5.74, 6) is 0. The highest BCUT2D eigenvalue weighted by Crippen LogP contribution is 2.25. The van der Waals surface area contributed by atoms with Crippen LogP contribution in [0.25, 0.3) is 0 Å². The predicted molar refractivity (Wildman–Crippen MR) is 79.8 cm³/mol. The summed E-state index contributed by atoms with van der Waals surface area (Å²) < 4.78 is 26.7. The van der Waals surface area contributed by atoms with Crippen LogP contribution in [0.5, 0.6) is 0 Å². The lowest BCUT2D eigenvalue weighted by Crippen LogP contribution is -2.45. The first-order chi connectivity index (χ1) is 8.73. The van der Waals surface area contributed by atoms with Gasteiger partial charge in [-0.1, -0.05) is 6.08 Å². The van der Waals surface area contributed by atoms with Crippen molar-refractivity contribution >= 4 is 15.7 Å². The van der Waals surface area contributed by atoms with Gasteiger partial charge in [-0.25, -0.2) is 8.42 Å². The Morgan fingerprint density at radius 1 is 1.26 bits per heavy atom. The minimum Gasteiger partial charge on any atom is -0.388 e. The van der Waals surface area contributed by atoms with E-state index >= 15 is 0 Å². The molecule has 0 saturated carbocycles. The van der Waals surface area contributed by atoms with Crippen LogP contribution in [0, 0.1) is 0 Å². The molecule has 0 saturated heterocycles. The van der Waals surface area contributed by atoms with E-state index in [1.807, 2.05) is 20.8 Å². The molecule has 0 aromatic heterocycles. The number of nitrogens with zero attached hydrogens (tertiary/aromatic N) is 1. The van der Waals surface area contributed by atoms with E-state index in [2.05, 4.69) is 11.9 Å². The van der Waals surface area contributed by atoms with Gasteiger partial charge >= 0.3 is 0 Å². The molecule has 1 aromatic carbocycles. The molecule has 4 nitrogen and oxygen atoms in total. The van der Waals surface area contributed by atoms with Crippen molar-refractivity contribution in [2.45, 2.75) is 31.2 Å². The van der Waals surface area contributed by atoms with Gasteiger partial charge in [0.25, 0.3) is 0 Å². The maximum Gasteiger partial charge on any atom is 0.243 e. The summed E-state index contributed by atoms with van der Waals surface area (Å²) in [5.41, 5.74) is 0.388. The monoisotopic (exact) mass is 282 g/mol. The minimum atomic E-state index is -3.51. The Balaban J connectivity index is 3.22. The predicted octanol–water partition coefficient (Wildman–Crippen LogP) is 2.70. The summed E-state index contributed by atoms with van der Waals surface area (Å²) in [5, 5.41) is 2.97. The van der Waals surface area contributed by atoms with Gasteiger partial charge in [0.15, 0.2) is 0 Å². The molecular formula is C14H22N2O2S. The van der Waals surface area contributed by atoms with E-state index in [1.165, 1.54) is 4.31 Å². The van der Waals surface area contributed by atoms with Crippen molar-refractivity contribution in [3.63, 3.8) is 0 Å². The molecule has 0 bridgehead atoms. The normalized spacial score (nSPS) is 12.5. The molecule has 106 valence electrons. The summed E-state index contributed by atoms with van der Waals surface area (Å²) >= 11 is 0. The summed E-state index contributed by atoms with van der Waals surface area (Å²) in [6.45, 7) is 9.54. The van der Waals surface area contributed by atoms with Crippen LogP contribution in [0.3, 0.4) is 0 Å². The van der Waals surface area contributed by atoms with Crippen molar-refractivity contribution in [2.24, 2.45) is 0 Å². The van der Waals surface area contributed by atoms with Gasteiger partial charge in [-0.15, -0.1) is 6.58 Å². The zero-order valence-electron chi connectivity index (χ0n) is 12.0. The van der Waals surface area contributed by atoms with Crippen molar-refractivity contribution in [3.8, 4) is 0 Å². The number of nitrogens with one attached hydrogen (secondary N) is 1. The second-order valence-electron chi connectivity index (χ2n) is 5.27. The highest BCUT2D eigenvalue weighted by Gasteiger charge is 2.32. The SMILES string of the molecule is C=CCN(C(C)(C)C)S(=O)(=O)c1ccc(NC)cc1. The molecule has 0 radical (unpaired) electrons. The topological polar surface area (TPSA) is 49.4 Å². The molecule has 5 heteroatoms. The standard InChI is InChI=1S/C14H22N2O2S/c1-6-11-16(14(2,3)4)19(17,18)13-9-7-12(15-5)8-10-13/h6-10,15H,1,11H2,2-5H3. The van der Waals surface area contributed by atoms with Gasteiger partial charge in [-0.05, 0) is 45.0 Å². The second-order valence-corrected chi connectivity index (χ2v) is 7.13. The zero-order chi connectivity index (χ0) is 14.7. The van der Waals surface area contributed by atoms with Crippen molar-refractivity contribution in [1.82, 2.24) is 4.31 Å². The Morgan fingerprint density at radius 2 is 1.79 bits per heavy atom. The molecular weight excluding hydrogens is 260 g/mol. The molecule has 1 rings (SSSR count). The average molecular weight is 282 g/mol. The fraction of sp³-hybridized carbons (Fsp3) is 0.429. The number of hydrogen-bond acceptors (Lipinski definition) is 3. The van der Waals surface area contributed by atoms with Crippen LogP contribution >= 0.6 is 0 Å². The van der Waals surface area contributed by atoms with Gasteiger partial charge in [0.2, 0.25) is 10.0 Å². The van der Waals surface area contributed by atoms with Crippen LogP contribution < -0.4 is 5.32 Å². The van der Waals surface area contributed by atoms with Gasteiger partial charge in [-0.2, -0.15) is 4.31 Å². The molecule has 0 amide bonds. The van der Waals surface area contributed by atoms with Crippen LogP contribution in [0.2, 0.25) is 0 Å². The van der Waals surface area contributed by atoms with Gasteiger partial charge < -0.3 is 5.32 Å². The molecule has 0 aliphatic heterocycles. The van der Waals surface area contributed by atoms with Crippen molar-refractivity contribution in [3.05, 3.63) is 36.9 Å². The Bertz CT molecular complexity index is 528. The van der Waals surface area contributed by atoms with Crippen molar-refractivity contribution in [1.29, 1.82) is 0 Å². The highest BCUT2D eigenvalue weighted by atomic mass is 32.2. The van der Waals surface area contributed by atoms with E-state index in [-0.39, 0.29) is 0 Å². The average Bonchev–Trinajstić information content (AvgIpc) is 2.34. The van der Waals surface area contributed by atoms with E-state index < -0.39 is 15.6 Å². The lowest BCUT2D eigenvalue weighted by molar-refractivity contribution is 0.270. The van der Waals surface area contributed by atoms with Gasteiger partial charge in [0.05, 0.1) is 4.90 Å². The third-order valence-electron chi connectivity index (χ3n) is 2.77. The number of anilines is 1. The fourth-order valence-corrected chi connectivity index (χ4v) is 3.53. The number of hydrogen-bond donors (Lipinski definition) is 1. The molecule has 0 fully saturated rings. The molecule has 19 heavy (non-hydrogen) atoms. The highest BCUT2D eigenvalue weighted by molar-refractivity contribution is 7.89. The van der Waals surface area contributed by atoms with Crippen molar-refractivity contribution < 1.29 is 8.42 Å². The zero-order valence-corrected chi connectivity index (χ0v) is 12.8. The molecule has 0 unspecified atom stereocenters. The Kier molecular flexibility index (Phi) is 4.76. The molecule has 0 aliphatic carbocycles. The smallest absolute Gasteiger partial charge is 0.243 e. The summed E-state index contributed by atoms with van der Waals surface area (Å²) in [4.78, 5) is 0.295. The van der Waals surface area contributed by atoms with Crippen LogP contribution in [-0.4, -0.2) is 31.9 Å². The molecule has 0 aliphatic rings. The molecule has 0 spiro atoms. The van der Waals surface area contributed by atoms with Gasteiger partial charge in [-0.3, -0.25) is 0 Å². The number of sulfonamides is 1. The van der Waals surface area contributed by atoms with Gasteiger partial charge in [0, 0.05) is 24.8 Å². The maximum absolute atomic E-state index is 12.6. The molecule has 1 aromatic rings. The lowest BCUT2D eigenvalue weighted by atomic mass is 10.1. The molecule has 0 atom stereocenters. The van der Waals surface area contributed by atoms with Crippen LogP contribution in [0.15, 0.2) is 41.8 Å². The second kappa shape index (κ2) is 5.75. The first-order valence-corrected chi connectivity index (χ1v) is 7.59. The van der Waals surface area contributed by atoms with Crippen LogP contribution in [0.1, 0.15) is 20.8 Å². The molecule has 1 N–H and O–H groups in total. The Labute approximate surface area is 116 Å². The lowest BCUT2D eigenvalue weighted by Gasteiger charge is -2.33. The fourth-order valence-electron chi connectivity index (χ4n) is 1.77. The first kappa shape index (κ1) is 15.7. The Hall–Kier alpha value is -1.33. The molecule has 0 heterocycles. The van der Waals surface area contributed by atoms with E-state index in [9.17, 15) is 8.42 Å². The minimum absolute atomic E-state index is 0.291. The maximum atomic E-state index is 12.6. The number of benzene rings is 1. The summed E-state index contributed by atoms with van der Waals surface area (Å²) in [6.07, 6.45) is 1.60. The quantitative estimate of drug-likeness (QED) is 0.845. The largest absolute Gasteiger partial charge is 0.388 e. The van der Waals surface area contributed by atoms with Gasteiger partial charge in [0.1, 0.15) is 0 Å². The Morgan fingerprint density at radius 3 is 2.16 bits per heavy atom. The van der Waals surface area contributed by atoms with Crippen LogP contribution in [0.4, 0.5) is 5.69 Å². The van der Waals surface area contributed by atoms with E-state index in [0.29, 0.717) is 11.4 Å². The number of rotatable bonds is 5. The first-order valence-electron chi connectivity index (χ1n) is 6.15. The van der Waals surface area contributed by atoms with E-state index in [1.54, 1.807) is 37.4 Å². The van der Waals surface area contributed by atoms with E-state index in [0.717, 1.165) is 5.69 Å². The summed E-state index contributed by atoms with van der Waals surface area (Å²) in [6, 6.07) is 6.73. The van der Waals surface area contributed by atoms with Crippen LogP contribution in [-0.2, 0) is 10.0 Å². The third kappa shape index (κ3) is 3.58. The van der Waals surface area contributed by atoms with Crippen molar-refractivity contribution in [2.75, 3.05) is 18.9 Å². The summed E-state index contributed by atoms with van der Waals surface area (Å²) in [7, 11) is -1.72. The third-order valence-corrected chi connectivity index (χ3v) is 4.92. The van der Waals surface area contributed by atoms with E-state index in [4.69, 9.17) is 0 Å².